The van der Waals surface area contributed by atoms with E-state index in [9.17, 15) is 15.0 Å². The summed E-state index contributed by atoms with van der Waals surface area (Å²) < 4.78 is 6.87. The molecule has 0 saturated heterocycles. The van der Waals surface area contributed by atoms with E-state index in [1.54, 1.807) is 29.0 Å². The molecular weight excluding hydrogens is 272 g/mol. The van der Waals surface area contributed by atoms with Crippen LogP contribution in [0.5, 0.6) is 11.5 Å². The molecule has 6 nitrogen and oxygen atoms in total. The van der Waals surface area contributed by atoms with Gasteiger partial charge in [0.15, 0.2) is 25.1 Å². The van der Waals surface area contributed by atoms with Crippen molar-refractivity contribution < 1.29 is 24.3 Å². The van der Waals surface area contributed by atoms with E-state index in [1.165, 1.54) is 12.3 Å². The number of esters is 1. The smallest absolute Gasteiger partial charge is 0.357 e. The summed E-state index contributed by atoms with van der Waals surface area (Å²) in [6.45, 7) is 2.40. The van der Waals surface area contributed by atoms with Gasteiger partial charge in [-0.2, -0.15) is 4.57 Å². The van der Waals surface area contributed by atoms with Crippen LogP contribution >= 0.6 is 0 Å². The number of aromatic nitrogens is 2. The molecule has 0 bridgehead atoms. The zero-order chi connectivity index (χ0) is 15.2. The summed E-state index contributed by atoms with van der Waals surface area (Å²) in [6, 6.07) is 6.42. The standard InChI is InChI=1S/C15H16N2O4/c1-2-12-14(19)13(18)6-8-17(12)9-10-21-15(20)11-5-3-4-7-16-11/h3-8,19H,2,9-10H2,1H3/p+1. The second-order valence-electron chi connectivity index (χ2n) is 4.39. The molecule has 2 aromatic rings. The second kappa shape index (κ2) is 6.69. The van der Waals surface area contributed by atoms with Crippen molar-refractivity contribution in [3.8, 4) is 11.5 Å². The first-order valence-corrected chi connectivity index (χ1v) is 6.65. The number of rotatable bonds is 5. The molecule has 0 saturated carbocycles. The highest BCUT2D eigenvalue weighted by Crippen LogP contribution is 2.25. The van der Waals surface area contributed by atoms with E-state index in [-0.39, 0.29) is 23.8 Å². The van der Waals surface area contributed by atoms with E-state index in [0.717, 1.165) is 0 Å². The minimum absolute atomic E-state index is 0.143. The van der Waals surface area contributed by atoms with Crippen LogP contribution in [0.25, 0.3) is 0 Å². The number of nitrogens with zero attached hydrogens (tertiary/aromatic N) is 2. The van der Waals surface area contributed by atoms with Crippen molar-refractivity contribution in [3.05, 3.63) is 48.0 Å². The maximum Gasteiger partial charge on any atom is 0.357 e. The summed E-state index contributed by atoms with van der Waals surface area (Å²) in [7, 11) is 0. The summed E-state index contributed by atoms with van der Waals surface area (Å²) in [5.74, 6) is -0.790. The molecule has 2 heterocycles. The fourth-order valence-corrected chi connectivity index (χ4v) is 1.99. The lowest BCUT2D eigenvalue weighted by molar-refractivity contribution is -0.705. The van der Waals surface area contributed by atoms with Crippen LogP contribution < -0.4 is 4.57 Å². The Bertz CT molecular complexity index is 629. The lowest BCUT2D eigenvalue weighted by atomic mass is 10.2. The van der Waals surface area contributed by atoms with Gasteiger partial charge in [0.25, 0.3) is 0 Å². The SMILES string of the molecule is CCc1c(O)c(O)cc[n+]1CCOC(=O)c1ccccn1. The molecule has 2 N–H and O–H groups in total. The van der Waals surface area contributed by atoms with Crippen molar-refractivity contribution in [1.82, 2.24) is 4.98 Å². The van der Waals surface area contributed by atoms with Crippen LogP contribution in [-0.2, 0) is 17.7 Å². The Morgan fingerprint density at radius 2 is 2.14 bits per heavy atom. The predicted molar refractivity (Wildman–Crippen MR) is 73.9 cm³/mol. The molecule has 2 aromatic heterocycles. The molecule has 0 aliphatic carbocycles. The van der Waals surface area contributed by atoms with Gasteiger partial charge < -0.3 is 14.9 Å². The van der Waals surface area contributed by atoms with Crippen LogP contribution in [0.4, 0.5) is 0 Å². The predicted octanol–water partition coefficient (Wildman–Crippen LogP) is 1.20. The highest BCUT2D eigenvalue weighted by molar-refractivity contribution is 5.87. The fraction of sp³-hybridized carbons (Fsp3) is 0.267. The zero-order valence-electron chi connectivity index (χ0n) is 11.7. The fourth-order valence-electron chi connectivity index (χ4n) is 1.99. The zero-order valence-corrected chi connectivity index (χ0v) is 11.7. The Balaban J connectivity index is 1.98. The molecule has 0 atom stereocenters. The van der Waals surface area contributed by atoms with Crippen molar-refractivity contribution in [2.45, 2.75) is 19.9 Å². The third-order valence-electron chi connectivity index (χ3n) is 3.05. The lowest BCUT2D eigenvalue weighted by Crippen LogP contribution is -2.40. The Hall–Kier alpha value is -2.63. The Kier molecular flexibility index (Phi) is 4.71. The molecule has 0 spiro atoms. The van der Waals surface area contributed by atoms with Crippen LogP contribution in [0.3, 0.4) is 0 Å². The molecule has 0 aromatic carbocycles. The highest BCUT2D eigenvalue weighted by Gasteiger charge is 2.18. The van der Waals surface area contributed by atoms with Gasteiger partial charge in [-0.05, 0) is 12.1 Å². The molecule has 0 amide bonds. The van der Waals surface area contributed by atoms with Gasteiger partial charge >= 0.3 is 5.97 Å². The molecule has 0 radical (unpaired) electrons. The van der Waals surface area contributed by atoms with Gasteiger partial charge in [-0.25, -0.2) is 9.78 Å². The topological polar surface area (TPSA) is 83.5 Å². The first-order chi connectivity index (χ1) is 10.1. The Morgan fingerprint density at radius 1 is 1.33 bits per heavy atom. The molecule has 6 heteroatoms. The molecule has 110 valence electrons. The largest absolute Gasteiger partial charge is 0.504 e. The molecule has 21 heavy (non-hydrogen) atoms. The quantitative estimate of drug-likeness (QED) is 0.638. The third kappa shape index (κ3) is 3.47. The summed E-state index contributed by atoms with van der Waals surface area (Å²) in [4.78, 5) is 15.6. The maximum absolute atomic E-state index is 11.7. The van der Waals surface area contributed by atoms with Crippen LogP contribution in [0.1, 0.15) is 23.1 Å². The van der Waals surface area contributed by atoms with Crippen molar-refractivity contribution in [2.24, 2.45) is 0 Å². The monoisotopic (exact) mass is 289 g/mol. The van der Waals surface area contributed by atoms with Crippen molar-refractivity contribution in [1.29, 1.82) is 0 Å². The second-order valence-corrected chi connectivity index (χ2v) is 4.39. The Labute approximate surface area is 122 Å². The van der Waals surface area contributed by atoms with E-state index in [2.05, 4.69) is 4.98 Å². The van der Waals surface area contributed by atoms with Gasteiger partial charge in [0.1, 0.15) is 5.69 Å². The van der Waals surface area contributed by atoms with Crippen molar-refractivity contribution >= 4 is 5.97 Å². The number of hydrogen-bond acceptors (Lipinski definition) is 5. The summed E-state index contributed by atoms with van der Waals surface area (Å²) in [5.41, 5.74) is 0.843. The molecule has 0 aliphatic heterocycles. The van der Waals surface area contributed by atoms with Gasteiger partial charge in [0.2, 0.25) is 11.4 Å². The third-order valence-corrected chi connectivity index (χ3v) is 3.05. The lowest BCUT2D eigenvalue weighted by Gasteiger charge is -2.06. The summed E-state index contributed by atoms with van der Waals surface area (Å²) in [6.07, 6.45) is 3.72. The van der Waals surface area contributed by atoms with Gasteiger partial charge in [0, 0.05) is 18.7 Å². The van der Waals surface area contributed by atoms with Gasteiger partial charge in [-0.3, -0.25) is 0 Å². The molecule has 0 unspecified atom stereocenters. The number of carbonyl (C=O) groups excluding carboxylic acids is 1. The van der Waals surface area contributed by atoms with Gasteiger partial charge in [-0.1, -0.05) is 13.0 Å². The highest BCUT2D eigenvalue weighted by atomic mass is 16.5. The molecule has 2 rings (SSSR count). The van der Waals surface area contributed by atoms with E-state index >= 15 is 0 Å². The van der Waals surface area contributed by atoms with Gasteiger partial charge in [-0.15, -0.1) is 0 Å². The summed E-state index contributed by atoms with van der Waals surface area (Å²) >= 11 is 0. The number of pyridine rings is 2. The number of aromatic hydroxyl groups is 2. The van der Waals surface area contributed by atoms with E-state index in [1.807, 2.05) is 6.92 Å². The van der Waals surface area contributed by atoms with E-state index in [4.69, 9.17) is 4.74 Å². The van der Waals surface area contributed by atoms with Crippen LogP contribution in [0.2, 0.25) is 0 Å². The number of ether oxygens (including phenoxy) is 1. The minimum atomic E-state index is -0.489. The molecule has 0 aliphatic rings. The van der Waals surface area contributed by atoms with Crippen molar-refractivity contribution in [2.75, 3.05) is 6.61 Å². The van der Waals surface area contributed by atoms with Crippen LogP contribution in [0, 0.1) is 0 Å². The van der Waals surface area contributed by atoms with Crippen LogP contribution in [0.15, 0.2) is 36.7 Å². The first-order valence-electron chi connectivity index (χ1n) is 6.65. The minimum Gasteiger partial charge on any atom is -0.504 e. The average Bonchev–Trinajstić information content (AvgIpc) is 2.51. The number of carbonyl (C=O) groups is 1. The van der Waals surface area contributed by atoms with Crippen molar-refractivity contribution in [3.63, 3.8) is 0 Å². The molecule has 0 fully saturated rings. The summed E-state index contributed by atoms with van der Waals surface area (Å²) in [5, 5.41) is 19.2. The number of hydrogen-bond donors (Lipinski definition) is 2. The maximum atomic E-state index is 11.7. The van der Waals surface area contributed by atoms with Crippen LogP contribution in [-0.4, -0.2) is 27.8 Å². The average molecular weight is 289 g/mol. The first kappa shape index (κ1) is 14.8. The van der Waals surface area contributed by atoms with E-state index in [0.29, 0.717) is 18.7 Å². The van der Waals surface area contributed by atoms with Gasteiger partial charge in [0.05, 0.1) is 0 Å². The molecular formula is C15H17N2O4+. The normalized spacial score (nSPS) is 10.3. The van der Waals surface area contributed by atoms with E-state index < -0.39 is 5.97 Å². The Morgan fingerprint density at radius 3 is 2.81 bits per heavy atom.